The van der Waals surface area contributed by atoms with Crippen molar-refractivity contribution in [3.05, 3.63) is 52.6 Å². The summed E-state index contributed by atoms with van der Waals surface area (Å²) in [5.41, 5.74) is 2.02. The van der Waals surface area contributed by atoms with Crippen LogP contribution in [0.2, 0.25) is 0 Å². The highest BCUT2D eigenvalue weighted by Gasteiger charge is 2.47. The van der Waals surface area contributed by atoms with Crippen LogP contribution in [0, 0.1) is 0 Å². The number of benzene rings is 2. The number of nitrogens with one attached hydrogen (secondary N) is 1. The number of fused-ring (bicyclic) bond motifs is 1. The number of likely N-dealkylation sites (tertiary alicyclic amines) is 1. The normalized spacial score (nSPS) is 20.0. The standard InChI is InChI=1S/C29H36N2O7/c1-7-30(8-2)11-12-31-25(20-15-22(35-4)28(37-6)23(16-20)36-5)24(27(33)29(31)34)26(32)18-9-10-21-19(14-18)13-17(3)38-21/h9-10,14-17,25,32H,7-8,11-13H2,1-6H3/p+1/t17-,25-/m0/s1. The van der Waals surface area contributed by atoms with Crippen molar-refractivity contribution in [1.82, 2.24) is 4.90 Å². The van der Waals surface area contributed by atoms with Gasteiger partial charge in [-0.2, -0.15) is 0 Å². The minimum atomic E-state index is -0.831. The number of amides is 1. The first-order valence-corrected chi connectivity index (χ1v) is 13.0. The third-order valence-electron chi connectivity index (χ3n) is 7.42. The summed E-state index contributed by atoms with van der Waals surface area (Å²) in [5, 5.41) is 11.5. The van der Waals surface area contributed by atoms with Gasteiger partial charge < -0.3 is 33.9 Å². The number of methoxy groups -OCH3 is 3. The number of Topliss-reactive ketones (excluding diaryl/α,β-unsaturated/α-hetero) is 1. The molecule has 2 heterocycles. The second-order valence-corrected chi connectivity index (χ2v) is 9.61. The van der Waals surface area contributed by atoms with Crippen LogP contribution in [0.15, 0.2) is 35.9 Å². The van der Waals surface area contributed by atoms with E-state index in [-0.39, 0.29) is 17.4 Å². The molecule has 1 saturated heterocycles. The molecule has 2 aromatic rings. The van der Waals surface area contributed by atoms with E-state index in [9.17, 15) is 14.7 Å². The molecule has 2 aliphatic heterocycles. The van der Waals surface area contributed by atoms with E-state index >= 15 is 0 Å². The molecule has 0 saturated carbocycles. The summed E-state index contributed by atoms with van der Waals surface area (Å²) >= 11 is 0. The maximum absolute atomic E-state index is 13.5. The summed E-state index contributed by atoms with van der Waals surface area (Å²) in [6, 6.07) is 7.95. The summed E-state index contributed by atoms with van der Waals surface area (Å²) in [6.07, 6.45) is 0.739. The Kier molecular flexibility index (Phi) is 8.16. The molecule has 0 spiro atoms. The van der Waals surface area contributed by atoms with Gasteiger partial charge in [-0.3, -0.25) is 9.59 Å². The van der Waals surface area contributed by atoms with E-state index < -0.39 is 17.7 Å². The van der Waals surface area contributed by atoms with Crippen molar-refractivity contribution >= 4 is 17.4 Å². The molecule has 4 rings (SSSR count). The first-order valence-electron chi connectivity index (χ1n) is 13.0. The highest BCUT2D eigenvalue weighted by atomic mass is 16.5. The Morgan fingerprint density at radius 2 is 1.71 bits per heavy atom. The van der Waals surface area contributed by atoms with Crippen molar-refractivity contribution in [3.63, 3.8) is 0 Å². The van der Waals surface area contributed by atoms with E-state index in [1.807, 2.05) is 13.0 Å². The van der Waals surface area contributed by atoms with Crippen LogP contribution in [-0.2, 0) is 16.0 Å². The van der Waals surface area contributed by atoms with E-state index in [1.54, 1.807) is 29.2 Å². The Hall–Kier alpha value is -3.72. The highest BCUT2D eigenvalue weighted by molar-refractivity contribution is 6.46. The minimum absolute atomic E-state index is 0.0331. The summed E-state index contributed by atoms with van der Waals surface area (Å²) in [4.78, 5) is 29.7. The van der Waals surface area contributed by atoms with Crippen molar-refractivity contribution in [2.24, 2.45) is 0 Å². The second kappa shape index (κ2) is 11.3. The molecule has 2 aliphatic rings. The van der Waals surface area contributed by atoms with Gasteiger partial charge in [0.1, 0.15) is 17.6 Å². The maximum Gasteiger partial charge on any atom is 0.295 e. The van der Waals surface area contributed by atoms with Crippen LogP contribution in [-0.4, -0.2) is 75.3 Å². The Balaban J connectivity index is 1.87. The maximum atomic E-state index is 13.5. The zero-order chi connectivity index (χ0) is 27.6. The van der Waals surface area contributed by atoms with Crippen molar-refractivity contribution < 1.29 is 38.5 Å². The molecule has 2 N–H and O–H groups in total. The fourth-order valence-electron chi connectivity index (χ4n) is 5.32. The molecule has 0 aromatic heterocycles. The fraction of sp³-hybridized carbons (Fsp3) is 0.448. The number of likely N-dealkylation sites (N-methyl/N-ethyl adjacent to an activating group) is 1. The van der Waals surface area contributed by atoms with Crippen LogP contribution in [0.4, 0.5) is 0 Å². The van der Waals surface area contributed by atoms with Crippen LogP contribution in [0.3, 0.4) is 0 Å². The molecular formula is C29H37N2O7+. The lowest BCUT2D eigenvalue weighted by Crippen LogP contribution is -3.12. The molecule has 38 heavy (non-hydrogen) atoms. The molecule has 9 heteroatoms. The Morgan fingerprint density at radius 3 is 2.29 bits per heavy atom. The minimum Gasteiger partial charge on any atom is -0.507 e. The second-order valence-electron chi connectivity index (χ2n) is 9.61. The SMILES string of the molecule is CC[NH+](CC)CCN1C(=O)C(=O)C(=C(O)c2ccc3c(c2)C[C@H](C)O3)[C@@H]1c1cc(OC)c(OC)c(OC)c1. The Morgan fingerprint density at radius 1 is 1.05 bits per heavy atom. The molecule has 1 amide bonds. The van der Waals surface area contributed by atoms with Crippen molar-refractivity contribution in [2.75, 3.05) is 47.5 Å². The molecule has 0 unspecified atom stereocenters. The number of rotatable bonds is 10. The van der Waals surface area contributed by atoms with Crippen LogP contribution >= 0.6 is 0 Å². The molecule has 2 atom stereocenters. The predicted octanol–water partition coefficient (Wildman–Crippen LogP) is 2.38. The smallest absolute Gasteiger partial charge is 0.295 e. The third kappa shape index (κ3) is 4.90. The molecular weight excluding hydrogens is 488 g/mol. The van der Waals surface area contributed by atoms with Gasteiger partial charge in [-0.05, 0) is 62.2 Å². The number of carbonyl (C=O) groups excluding carboxylic acids is 2. The predicted molar refractivity (Wildman–Crippen MR) is 142 cm³/mol. The topological polar surface area (TPSA) is 99.0 Å². The number of hydrogen-bond donors (Lipinski definition) is 2. The van der Waals surface area contributed by atoms with Gasteiger partial charge in [0.15, 0.2) is 11.5 Å². The van der Waals surface area contributed by atoms with Gasteiger partial charge >= 0.3 is 0 Å². The quantitative estimate of drug-likeness (QED) is 0.279. The van der Waals surface area contributed by atoms with Crippen LogP contribution in [0.1, 0.15) is 43.5 Å². The lowest BCUT2D eigenvalue weighted by atomic mass is 9.94. The van der Waals surface area contributed by atoms with Gasteiger partial charge in [0, 0.05) is 12.0 Å². The zero-order valence-electron chi connectivity index (χ0n) is 22.9. The number of ether oxygens (including phenoxy) is 4. The molecule has 2 aromatic carbocycles. The molecule has 0 aliphatic carbocycles. The van der Waals surface area contributed by atoms with Gasteiger partial charge in [0.25, 0.3) is 11.7 Å². The number of carbonyl (C=O) groups is 2. The van der Waals surface area contributed by atoms with Crippen molar-refractivity contribution in [2.45, 2.75) is 39.3 Å². The number of quaternary nitrogens is 1. The van der Waals surface area contributed by atoms with E-state index in [2.05, 4.69) is 13.8 Å². The highest BCUT2D eigenvalue weighted by Crippen LogP contribution is 2.46. The lowest BCUT2D eigenvalue weighted by Gasteiger charge is -2.27. The number of nitrogens with zero attached hydrogens (tertiary/aromatic N) is 1. The molecule has 1 fully saturated rings. The molecule has 204 valence electrons. The summed E-state index contributed by atoms with van der Waals surface area (Å²) in [6.45, 7) is 8.94. The Labute approximate surface area is 223 Å². The van der Waals surface area contributed by atoms with Crippen molar-refractivity contribution in [3.8, 4) is 23.0 Å². The van der Waals surface area contributed by atoms with E-state index in [1.165, 1.54) is 26.2 Å². The summed E-state index contributed by atoms with van der Waals surface area (Å²) in [7, 11) is 4.53. The number of aliphatic hydroxyl groups excluding tert-OH is 1. The molecule has 0 bridgehead atoms. The zero-order valence-corrected chi connectivity index (χ0v) is 22.9. The number of aliphatic hydroxyl groups is 1. The summed E-state index contributed by atoms with van der Waals surface area (Å²) < 4.78 is 22.4. The van der Waals surface area contributed by atoms with E-state index in [4.69, 9.17) is 18.9 Å². The monoisotopic (exact) mass is 525 g/mol. The lowest BCUT2D eigenvalue weighted by molar-refractivity contribution is -0.895. The molecule has 0 radical (unpaired) electrons. The molecule has 9 nitrogen and oxygen atoms in total. The first kappa shape index (κ1) is 27.3. The van der Waals surface area contributed by atoms with Crippen LogP contribution < -0.4 is 23.8 Å². The van der Waals surface area contributed by atoms with Gasteiger partial charge in [-0.15, -0.1) is 0 Å². The van der Waals surface area contributed by atoms with E-state index in [0.717, 1.165) is 24.4 Å². The third-order valence-corrected chi connectivity index (χ3v) is 7.42. The van der Waals surface area contributed by atoms with E-state index in [0.29, 0.717) is 47.9 Å². The van der Waals surface area contributed by atoms with Gasteiger partial charge in [0.2, 0.25) is 5.75 Å². The average Bonchev–Trinajstić information content (AvgIpc) is 3.43. The van der Waals surface area contributed by atoms with Crippen LogP contribution in [0.25, 0.3) is 5.76 Å². The van der Waals surface area contributed by atoms with Crippen LogP contribution in [0.5, 0.6) is 23.0 Å². The van der Waals surface area contributed by atoms with Gasteiger partial charge in [-0.1, -0.05) is 0 Å². The Bertz CT molecular complexity index is 1230. The largest absolute Gasteiger partial charge is 0.507 e. The summed E-state index contributed by atoms with van der Waals surface area (Å²) in [5.74, 6) is 0.364. The average molecular weight is 526 g/mol. The fourth-order valence-corrected chi connectivity index (χ4v) is 5.32. The number of ketones is 1. The number of hydrogen-bond acceptors (Lipinski definition) is 7. The van der Waals surface area contributed by atoms with Gasteiger partial charge in [-0.25, -0.2) is 0 Å². The van der Waals surface area contributed by atoms with Gasteiger partial charge in [0.05, 0.1) is 59.1 Å². The van der Waals surface area contributed by atoms with Crippen molar-refractivity contribution in [1.29, 1.82) is 0 Å². The first-order chi connectivity index (χ1) is 18.3.